The van der Waals surface area contributed by atoms with Crippen LogP contribution in [0.15, 0.2) is 0 Å². The molecule has 1 amide bonds. The molecule has 0 bridgehead atoms. The van der Waals surface area contributed by atoms with Crippen molar-refractivity contribution < 1.29 is 23.8 Å². The molecule has 2 heterocycles. The number of amides is 1. The molecule has 2 aliphatic heterocycles. The number of esters is 1. The molecule has 0 aromatic rings. The van der Waals surface area contributed by atoms with Gasteiger partial charge < -0.3 is 19.5 Å². The summed E-state index contributed by atoms with van der Waals surface area (Å²) in [5.74, 6) is -0.651. The van der Waals surface area contributed by atoms with Crippen molar-refractivity contribution in [2.24, 2.45) is 0 Å². The molecule has 1 N–H and O–H groups in total. The lowest BCUT2D eigenvalue weighted by Gasteiger charge is -2.36. The first-order chi connectivity index (χ1) is 11.6. The monoisotopic (exact) mass is 340 g/mol. The second-order valence-corrected chi connectivity index (χ2v) is 6.95. The summed E-state index contributed by atoms with van der Waals surface area (Å²) in [5, 5.41) is 3.11. The maximum atomic E-state index is 12.4. The van der Waals surface area contributed by atoms with Crippen LogP contribution in [0.4, 0.5) is 0 Å². The van der Waals surface area contributed by atoms with Gasteiger partial charge in [0.15, 0.2) is 5.79 Å². The molecule has 3 rings (SSSR count). The number of hydrogen-bond donors (Lipinski definition) is 1. The average molecular weight is 340 g/mol. The van der Waals surface area contributed by atoms with Gasteiger partial charge in [-0.3, -0.25) is 14.5 Å². The fraction of sp³-hybridized carbons (Fsp3) is 0.882. The Hall–Kier alpha value is -1.18. The summed E-state index contributed by atoms with van der Waals surface area (Å²) in [7, 11) is 1.40. The van der Waals surface area contributed by atoms with Gasteiger partial charge in [0.1, 0.15) is 6.04 Å². The molecule has 7 nitrogen and oxygen atoms in total. The summed E-state index contributed by atoms with van der Waals surface area (Å²) >= 11 is 0. The van der Waals surface area contributed by atoms with Crippen LogP contribution in [-0.2, 0) is 23.8 Å². The van der Waals surface area contributed by atoms with Crippen LogP contribution in [0.3, 0.4) is 0 Å². The zero-order chi connectivity index (χ0) is 17.0. The first-order valence-corrected chi connectivity index (χ1v) is 9.01. The Balaban J connectivity index is 1.46. The Morgan fingerprint density at radius 3 is 2.54 bits per heavy atom. The maximum absolute atomic E-state index is 12.4. The predicted octanol–water partition coefficient (Wildman–Crippen LogP) is 0.816. The Morgan fingerprint density at radius 2 is 1.88 bits per heavy atom. The molecule has 1 spiro atoms. The van der Waals surface area contributed by atoms with Gasteiger partial charge in [-0.25, -0.2) is 0 Å². The third-order valence-electron chi connectivity index (χ3n) is 5.36. The minimum atomic E-state index is -0.399. The topological polar surface area (TPSA) is 77.1 Å². The summed E-state index contributed by atoms with van der Waals surface area (Å²) in [6.07, 6.45) is 6.17. The fourth-order valence-corrected chi connectivity index (χ4v) is 4.03. The van der Waals surface area contributed by atoms with E-state index in [1.165, 1.54) is 7.11 Å². The number of methoxy groups -OCH3 is 1. The van der Waals surface area contributed by atoms with Crippen LogP contribution in [-0.4, -0.2) is 68.1 Å². The molecule has 3 fully saturated rings. The molecule has 1 saturated carbocycles. The summed E-state index contributed by atoms with van der Waals surface area (Å²) in [6, 6.07) is -0.123. The van der Waals surface area contributed by atoms with Gasteiger partial charge in [-0.05, 0) is 32.2 Å². The highest BCUT2D eigenvalue weighted by molar-refractivity contribution is 5.80. The van der Waals surface area contributed by atoms with E-state index in [1.807, 2.05) is 4.90 Å². The largest absolute Gasteiger partial charge is 0.468 e. The van der Waals surface area contributed by atoms with E-state index in [2.05, 4.69) is 5.32 Å². The molecule has 3 aliphatic rings. The van der Waals surface area contributed by atoms with E-state index in [0.29, 0.717) is 13.2 Å². The second-order valence-electron chi connectivity index (χ2n) is 6.95. The summed E-state index contributed by atoms with van der Waals surface area (Å²) in [4.78, 5) is 26.2. The van der Waals surface area contributed by atoms with Crippen LogP contribution in [0.25, 0.3) is 0 Å². The van der Waals surface area contributed by atoms with E-state index < -0.39 is 5.79 Å². The van der Waals surface area contributed by atoms with Crippen molar-refractivity contribution >= 4 is 11.9 Å². The van der Waals surface area contributed by atoms with Crippen molar-refractivity contribution in [1.29, 1.82) is 0 Å². The lowest BCUT2D eigenvalue weighted by Crippen LogP contribution is -2.51. The standard InChI is InChI=1S/C17H28N2O5/c1-22-16(21)14-4-2-3-9-19(14)12-15(20)18-13-5-7-17(8-6-13)23-10-11-24-17/h13-14H,2-12H2,1H3,(H,18,20)/t14-/m0/s1. The van der Waals surface area contributed by atoms with Crippen LogP contribution in [0, 0.1) is 0 Å². The highest BCUT2D eigenvalue weighted by Gasteiger charge is 2.40. The number of hydrogen-bond acceptors (Lipinski definition) is 6. The lowest BCUT2D eigenvalue weighted by molar-refractivity contribution is -0.180. The first-order valence-electron chi connectivity index (χ1n) is 9.01. The van der Waals surface area contributed by atoms with Gasteiger partial charge >= 0.3 is 5.97 Å². The molecule has 136 valence electrons. The highest BCUT2D eigenvalue weighted by atomic mass is 16.7. The van der Waals surface area contributed by atoms with E-state index in [1.54, 1.807) is 0 Å². The molecule has 0 unspecified atom stereocenters. The zero-order valence-electron chi connectivity index (χ0n) is 14.4. The van der Waals surface area contributed by atoms with E-state index >= 15 is 0 Å². The van der Waals surface area contributed by atoms with Crippen molar-refractivity contribution in [2.45, 2.75) is 62.8 Å². The Bertz CT molecular complexity index is 454. The molecular formula is C17H28N2O5. The van der Waals surface area contributed by atoms with Gasteiger partial charge in [0.05, 0.1) is 26.9 Å². The lowest BCUT2D eigenvalue weighted by atomic mass is 9.90. The number of carbonyl (C=O) groups excluding carboxylic acids is 2. The van der Waals surface area contributed by atoms with E-state index in [-0.39, 0.29) is 30.5 Å². The van der Waals surface area contributed by atoms with Crippen LogP contribution in [0.1, 0.15) is 44.9 Å². The number of nitrogens with zero attached hydrogens (tertiary/aromatic N) is 1. The Morgan fingerprint density at radius 1 is 1.17 bits per heavy atom. The summed E-state index contributed by atoms with van der Waals surface area (Å²) < 4.78 is 16.3. The van der Waals surface area contributed by atoms with E-state index in [9.17, 15) is 9.59 Å². The second kappa shape index (κ2) is 7.80. The average Bonchev–Trinajstić information content (AvgIpc) is 3.05. The number of rotatable bonds is 4. The van der Waals surface area contributed by atoms with Crippen LogP contribution in [0.2, 0.25) is 0 Å². The normalized spacial score (nSPS) is 28.0. The fourth-order valence-electron chi connectivity index (χ4n) is 4.03. The van der Waals surface area contributed by atoms with E-state index in [0.717, 1.165) is 51.5 Å². The number of ether oxygens (including phenoxy) is 3. The van der Waals surface area contributed by atoms with Gasteiger partial charge in [-0.2, -0.15) is 0 Å². The smallest absolute Gasteiger partial charge is 0.323 e. The number of piperidine rings is 1. The minimum Gasteiger partial charge on any atom is -0.468 e. The van der Waals surface area contributed by atoms with Crippen LogP contribution < -0.4 is 5.32 Å². The predicted molar refractivity (Wildman–Crippen MR) is 86.3 cm³/mol. The number of nitrogens with one attached hydrogen (secondary N) is 1. The third kappa shape index (κ3) is 4.07. The molecule has 0 aromatic heterocycles. The van der Waals surface area contributed by atoms with Crippen molar-refractivity contribution in [3.8, 4) is 0 Å². The maximum Gasteiger partial charge on any atom is 0.323 e. The van der Waals surface area contributed by atoms with Crippen molar-refractivity contribution in [3.63, 3.8) is 0 Å². The molecule has 2 saturated heterocycles. The van der Waals surface area contributed by atoms with Crippen molar-refractivity contribution in [3.05, 3.63) is 0 Å². The SMILES string of the molecule is COC(=O)[C@@H]1CCCCN1CC(=O)NC1CCC2(CC1)OCCO2. The Labute approximate surface area is 143 Å². The van der Waals surface area contributed by atoms with Crippen molar-refractivity contribution in [1.82, 2.24) is 10.2 Å². The Kier molecular flexibility index (Phi) is 5.73. The molecular weight excluding hydrogens is 312 g/mol. The molecule has 7 heteroatoms. The van der Waals surface area contributed by atoms with Gasteiger partial charge in [-0.1, -0.05) is 6.42 Å². The van der Waals surface area contributed by atoms with Crippen LogP contribution >= 0.6 is 0 Å². The number of likely N-dealkylation sites (tertiary alicyclic amines) is 1. The minimum absolute atomic E-state index is 0.0139. The van der Waals surface area contributed by atoms with Gasteiger partial charge in [0.2, 0.25) is 5.91 Å². The molecule has 0 radical (unpaired) electrons. The molecule has 24 heavy (non-hydrogen) atoms. The zero-order valence-corrected chi connectivity index (χ0v) is 14.4. The van der Waals surface area contributed by atoms with Gasteiger partial charge in [0.25, 0.3) is 0 Å². The quantitative estimate of drug-likeness (QED) is 0.764. The van der Waals surface area contributed by atoms with Gasteiger partial charge in [-0.15, -0.1) is 0 Å². The van der Waals surface area contributed by atoms with Gasteiger partial charge in [0, 0.05) is 18.9 Å². The highest BCUT2D eigenvalue weighted by Crippen LogP contribution is 2.35. The molecule has 1 aliphatic carbocycles. The summed E-state index contributed by atoms with van der Waals surface area (Å²) in [5.41, 5.74) is 0. The summed E-state index contributed by atoms with van der Waals surface area (Å²) in [6.45, 7) is 2.36. The number of carbonyl (C=O) groups is 2. The van der Waals surface area contributed by atoms with E-state index in [4.69, 9.17) is 14.2 Å². The van der Waals surface area contributed by atoms with Crippen LogP contribution in [0.5, 0.6) is 0 Å². The third-order valence-corrected chi connectivity index (χ3v) is 5.36. The first kappa shape index (κ1) is 17.6. The molecule has 0 aromatic carbocycles. The molecule has 1 atom stereocenters. The van der Waals surface area contributed by atoms with Crippen molar-refractivity contribution in [2.75, 3.05) is 33.4 Å².